The van der Waals surface area contributed by atoms with Crippen LogP contribution in [-0.2, 0) is 0 Å². The summed E-state index contributed by atoms with van der Waals surface area (Å²) in [7, 11) is 0. The molecule has 1 saturated heterocycles. The molecule has 6 heteroatoms. The first-order valence-corrected chi connectivity index (χ1v) is 8.17. The second kappa shape index (κ2) is 6.96. The van der Waals surface area contributed by atoms with Crippen LogP contribution >= 0.6 is 11.6 Å². The lowest BCUT2D eigenvalue weighted by molar-refractivity contribution is 0.0717. The van der Waals surface area contributed by atoms with Gasteiger partial charge in [-0.1, -0.05) is 17.7 Å². The van der Waals surface area contributed by atoms with E-state index in [0.717, 1.165) is 37.2 Å². The molecule has 3 rings (SSSR count). The van der Waals surface area contributed by atoms with Crippen LogP contribution in [0.15, 0.2) is 30.3 Å². The highest BCUT2D eigenvalue weighted by Gasteiger charge is 2.19. The first-order chi connectivity index (χ1) is 11.1. The number of aromatic nitrogens is 2. The topological polar surface area (TPSA) is 58.1 Å². The van der Waals surface area contributed by atoms with Crippen LogP contribution in [0, 0.1) is 6.92 Å². The van der Waals surface area contributed by atoms with E-state index in [4.69, 9.17) is 11.6 Å². The molecule has 5 nitrogen and oxygen atoms in total. The third-order valence-corrected chi connectivity index (χ3v) is 4.22. The van der Waals surface area contributed by atoms with Crippen molar-refractivity contribution >= 4 is 29.0 Å². The molecule has 1 aromatic heterocycles. The second-order valence-corrected chi connectivity index (χ2v) is 6.18. The van der Waals surface area contributed by atoms with E-state index in [1.165, 1.54) is 6.42 Å². The van der Waals surface area contributed by atoms with Gasteiger partial charge in [-0.2, -0.15) is 0 Å². The largest absolute Gasteiger partial charge is 0.338 e. The molecule has 120 valence electrons. The van der Waals surface area contributed by atoms with Crippen LogP contribution in [0.2, 0.25) is 5.02 Å². The molecule has 0 bridgehead atoms. The first kappa shape index (κ1) is 15.7. The average molecular weight is 331 g/mol. The van der Waals surface area contributed by atoms with Crippen LogP contribution in [0.5, 0.6) is 0 Å². The van der Waals surface area contributed by atoms with Crippen LogP contribution in [0.1, 0.15) is 35.3 Å². The Bertz CT molecular complexity index is 696. The summed E-state index contributed by atoms with van der Waals surface area (Å²) in [4.78, 5) is 14.2. The SMILES string of the molecule is Cc1ccc(Cl)cc1Nc1ccc(C(=O)N2CCCCC2)nn1. The van der Waals surface area contributed by atoms with Crippen molar-refractivity contribution in [2.45, 2.75) is 26.2 Å². The Hall–Kier alpha value is -2.14. The van der Waals surface area contributed by atoms with Gasteiger partial charge in [0.25, 0.3) is 5.91 Å². The van der Waals surface area contributed by atoms with Crippen molar-refractivity contribution in [1.29, 1.82) is 0 Å². The number of anilines is 2. The van der Waals surface area contributed by atoms with Gasteiger partial charge in [-0.3, -0.25) is 4.79 Å². The molecule has 1 N–H and O–H groups in total. The molecule has 0 unspecified atom stereocenters. The Morgan fingerprint density at radius 2 is 1.91 bits per heavy atom. The molecule has 1 aromatic carbocycles. The van der Waals surface area contributed by atoms with E-state index in [1.807, 2.05) is 30.0 Å². The van der Waals surface area contributed by atoms with Crippen LogP contribution < -0.4 is 5.32 Å². The van der Waals surface area contributed by atoms with Gasteiger partial charge in [0.05, 0.1) is 0 Å². The summed E-state index contributed by atoms with van der Waals surface area (Å²) < 4.78 is 0. The van der Waals surface area contributed by atoms with Crippen molar-refractivity contribution in [2.24, 2.45) is 0 Å². The number of carbonyl (C=O) groups is 1. The van der Waals surface area contributed by atoms with Gasteiger partial charge in [-0.05, 0) is 56.0 Å². The van der Waals surface area contributed by atoms with Crippen molar-refractivity contribution < 1.29 is 4.79 Å². The van der Waals surface area contributed by atoms with Gasteiger partial charge in [0.2, 0.25) is 0 Å². The molecule has 1 amide bonds. The number of hydrogen-bond acceptors (Lipinski definition) is 4. The fourth-order valence-electron chi connectivity index (χ4n) is 2.64. The highest BCUT2D eigenvalue weighted by Crippen LogP contribution is 2.23. The summed E-state index contributed by atoms with van der Waals surface area (Å²) in [6, 6.07) is 9.10. The van der Waals surface area contributed by atoms with Crippen molar-refractivity contribution in [3.63, 3.8) is 0 Å². The maximum Gasteiger partial charge on any atom is 0.274 e. The van der Waals surface area contributed by atoms with Gasteiger partial charge >= 0.3 is 0 Å². The number of carbonyl (C=O) groups excluding carboxylic acids is 1. The summed E-state index contributed by atoms with van der Waals surface area (Å²) in [6.45, 7) is 3.60. The minimum Gasteiger partial charge on any atom is -0.338 e. The molecule has 1 aliphatic rings. The lowest BCUT2D eigenvalue weighted by atomic mass is 10.1. The van der Waals surface area contributed by atoms with Gasteiger partial charge in [-0.15, -0.1) is 10.2 Å². The maximum atomic E-state index is 12.4. The number of piperidine rings is 1. The fraction of sp³-hybridized carbons (Fsp3) is 0.353. The van der Waals surface area contributed by atoms with E-state index in [0.29, 0.717) is 16.5 Å². The van der Waals surface area contributed by atoms with Crippen LogP contribution in [0.3, 0.4) is 0 Å². The van der Waals surface area contributed by atoms with Crippen molar-refractivity contribution in [3.8, 4) is 0 Å². The Kier molecular flexibility index (Phi) is 4.76. The second-order valence-electron chi connectivity index (χ2n) is 5.74. The van der Waals surface area contributed by atoms with E-state index in [9.17, 15) is 4.79 Å². The van der Waals surface area contributed by atoms with E-state index >= 15 is 0 Å². The quantitative estimate of drug-likeness (QED) is 0.929. The molecule has 23 heavy (non-hydrogen) atoms. The van der Waals surface area contributed by atoms with Gasteiger partial charge in [0.1, 0.15) is 0 Å². The Labute approximate surface area is 140 Å². The number of nitrogens with one attached hydrogen (secondary N) is 1. The normalized spacial score (nSPS) is 14.6. The summed E-state index contributed by atoms with van der Waals surface area (Å²) in [5.74, 6) is 0.549. The monoisotopic (exact) mass is 330 g/mol. The minimum atomic E-state index is -0.0392. The number of likely N-dealkylation sites (tertiary alicyclic amines) is 1. The zero-order valence-electron chi connectivity index (χ0n) is 13.1. The number of amides is 1. The van der Waals surface area contributed by atoms with Gasteiger partial charge in [-0.25, -0.2) is 0 Å². The standard InChI is InChI=1S/C17H19ClN4O/c1-12-5-6-13(18)11-15(12)19-16-8-7-14(20-21-16)17(23)22-9-3-2-4-10-22/h5-8,11H,2-4,9-10H2,1H3,(H,19,21). The average Bonchev–Trinajstić information content (AvgIpc) is 2.59. The first-order valence-electron chi connectivity index (χ1n) is 7.80. The summed E-state index contributed by atoms with van der Waals surface area (Å²) in [6.07, 6.45) is 3.32. The van der Waals surface area contributed by atoms with Gasteiger partial charge < -0.3 is 10.2 Å². The molecule has 0 aliphatic carbocycles. The highest BCUT2D eigenvalue weighted by molar-refractivity contribution is 6.30. The molecular formula is C17H19ClN4O. The molecule has 1 aliphatic heterocycles. The number of hydrogen-bond donors (Lipinski definition) is 1. The number of rotatable bonds is 3. The summed E-state index contributed by atoms with van der Waals surface area (Å²) >= 11 is 6.01. The van der Waals surface area contributed by atoms with E-state index in [-0.39, 0.29) is 5.91 Å². The molecule has 0 saturated carbocycles. The predicted molar refractivity (Wildman–Crippen MR) is 91.3 cm³/mol. The zero-order valence-corrected chi connectivity index (χ0v) is 13.8. The predicted octanol–water partition coefficient (Wildman–Crippen LogP) is 3.81. The third-order valence-electron chi connectivity index (χ3n) is 3.99. The molecule has 0 spiro atoms. The summed E-state index contributed by atoms with van der Waals surface area (Å²) in [5.41, 5.74) is 2.33. The van der Waals surface area contributed by atoms with E-state index in [2.05, 4.69) is 15.5 Å². The lowest BCUT2D eigenvalue weighted by Crippen LogP contribution is -2.36. The van der Waals surface area contributed by atoms with Crippen LogP contribution in [0.25, 0.3) is 0 Å². The number of halogens is 1. The minimum absolute atomic E-state index is 0.0392. The lowest BCUT2D eigenvalue weighted by Gasteiger charge is -2.26. The number of aryl methyl sites for hydroxylation is 1. The van der Waals surface area contributed by atoms with Crippen LogP contribution in [0.4, 0.5) is 11.5 Å². The van der Waals surface area contributed by atoms with Crippen molar-refractivity contribution in [3.05, 3.63) is 46.6 Å². The summed E-state index contributed by atoms with van der Waals surface area (Å²) in [5, 5.41) is 12.0. The van der Waals surface area contributed by atoms with E-state index < -0.39 is 0 Å². The Morgan fingerprint density at radius 1 is 1.13 bits per heavy atom. The Morgan fingerprint density at radius 3 is 2.61 bits per heavy atom. The zero-order chi connectivity index (χ0) is 16.2. The smallest absolute Gasteiger partial charge is 0.274 e. The molecule has 2 heterocycles. The molecular weight excluding hydrogens is 312 g/mol. The molecule has 0 atom stereocenters. The van der Waals surface area contributed by atoms with Crippen LogP contribution in [-0.4, -0.2) is 34.1 Å². The van der Waals surface area contributed by atoms with Gasteiger partial charge in [0.15, 0.2) is 11.5 Å². The third kappa shape index (κ3) is 3.79. The molecule has 2 aromatic rings. The van der Waals surface area contributed by atoms with Crippen molar-refractivity contribution in [2.75, 3.05) is 18.4 Å². The Balaban J connectivity index is 1.71. The number of nitrogens with zero attached hydrogens (tertiary/aromatic N) is 3. The molecule has 1 fully saturated rings. The highest BCUT2D eigenvalue weighted by atomic mass is 35.5. The maximum absolute atomic E-state index is 12.4. The number of benzene rings is 1. The molecule has 0 radical (unpaired) electrons. The van der Waals surface area contributed by atoms with E-state index in [1.54, 1.807) is 12.1 Å². The van der Waals surface area contributed by atoms with Gasteiger partial charge in [0, 0.05) is 23.8 Å². The fourth-order valence-corrected chi connectivity index (χ4v) is 2.81. The van der Waals surface area contributed by atoms with Crippen molar-refractivity contribution in [1.82, 2.24) is 15.1 Å².